The summed E-state index contributed by atoms with van der Waals surface area (Å²) in [5, 5.41) is 0. The van der Waals surface area contributed by atoms with E-state index >= 15 is 0 Å². The largest absolute Gasteiger partial charge is 0.370 e. The molecule has 4 heteroatoms. The van der Waals surface area contributed by atoms with Gasteiger partial charge in [0, 0.05) is 43.6 Å². The van der Waals surface area contributed by atoms with Crippen LogP contribution in [0.25, 0.3) is 0 Å². The zero-order chi connectivity index (χ0) is 17.0. The van der Waals surface area contributed by atoms with Crippen molar-refractivity contribution >= 4 is 0 Å². The fraction of sp³-hybridized carbons (Fsp3) is 1.00. The molecule has 1 spiro atoms. The van der Waals surface area contributed by atoms with Crippen LogP contribution >= 0.6 is 0 Å². The van der Waals surface area contributed by atoms with E-state index in [1.807, 2.05) is 0 Å². The molecule has 5 fully saturated rings. The van der Waals surface area contributed by atoms with Crippen molar-refractivity contribution in [1.82, 2.24) is 14.7 Å². The third-order valence-electron chi connectivity index (χ3n) is 8.24. The van der Waals surface area contributed by atoms with E-state index in [1.54, 1.807) is 0 Å². The maximum absolute atomic E-state index is 6.64. The highest BCUT2D eigenvalue weighted by atomic mass is 16.5. The molecular formula is C21H37N3O. The Bertz CT molecular complexity index is 484. The van der Waals surface area contributed by atoms with Crippen LogP contribution in [-0.2, 0) is 4.74 Å². The molecule has 0 amide bonds. The van der Waals surface area contributed by atoms with Crippen molar-refractivity contribution in [3.8, 4) is 0 Å². The van der Waals surface area contributed by atoms with Crippen molar-refractivity contribution < 1.29 is 4.74 Å². The number of rotatable bonds is 4. The van der Waals surface area contributed by atoms with Crippen molar-refractivity contribution in [3.05, 3.63) is 0 Å². The molecule has 5 rings (SSSR count). The van der Waals surface area contributed by atoms with E-state index in [0.717, 1.165) is 23.9 Å². The maximum Gasteiger partial charge on any atom is 0.0858 e. The molecule has 4 heterocycles. The molecule has 0 unspecified atom stereocenters. The second-order valence-corrected chi connectivity index (χ2v) is 9.93. The summed E-state index contributed by atoms with van der Waals surface area (Å²) >= 11 is 0. The smallest absolute Gasteiger partial charge is 0.0858 e. The van der Waals surface area contributed by atoms with Gasteiger partial charge in [-0.25, -0.2) is 0 Å². The van der Waals surface area contributed by atoms with Gasteiger partial charge in [0.25, 0.3) is 0 Å². The van der Waals surface area contributed by atoms with Gasteiger partial charge in [-0.1, -0.05) is 12.8 Å². The number of likely N-dealkylation sites (tertiary alicyclic amines) is 2. The van der Waals surface area contributed by atoms with Crippen molar-refractivity contribution in [2.45, 2.75) is 75.2 Å². The molecule has 4 aliphatic heterocycles. The third-order valence-corrected chi connectivity index (χ3v) is 8.24. The molecule has 0 aromatic heterocycles. The van der Waals surface area contributed by atoms with Crippen LogP contribution in [-0.4, -0.2) is 85.3 Å². The minimum atomic E-state index is 0.230. The summed E-state index contributed by atoms with van der Waals surface area (Å²) in [7, 11) is 4.45. The third kappa shape index (κ3) is 2.88. The molecule has 4 atom stereocenters. The molecule has 5 aliphatic rings. The monoisotopic (exact) mass is 347 g/mol. The summed E-state index contributed by atoms with van der Waals surface area (Å²) in [5.74, 6) is 1.56. The van der Waals surface area contributed by atoms with Crippen molar-refractivity contribution in [2.24, 2.45) is 11.8 Å². The minimum Gasteiger partial charge on any atom is -0.370 e. The summed E-state index contributed by atoms with van der Waals surface area (Å²) in [4.78, 5) is 8.04. The minimum absolute atomic E-state index is 0.230. The van der Waals surface area contributed by atoms with Crippen LogP contribution in [0.5, 0.6) is 0 Å². The Kier molecular flexibility index (Phi) is 4.39. The highest BCUT2D eigenvalue weighted by Crippen LogP contribution is 2.55. The van der Waals surface area contributed by atoms with Crippen LogP contribution in [0, 0.1) is 11.8 Å². The van der Waals surface area contributed by atoms with E-state index in [-0.39, 0.29) is 5.60 Å². The first-order valence-electron chi connectivity index (χ1n) is 11.0. The van der Waals surface area contributed by atoms with Gasteiger partial charge >= 0.3 is 0 Å². The summed E-state index contributed by atoms with van der Waals surface area (Å²) in [5.41, 5.74) is 0.230. The number of nitrogens with zero attached hydrogens (tertiary/aromatic N) is 3. The maximum atomic E-state index is 6.64. The molecule has 4 nitrogen and oxygen atoms in total. The average molecular weight is 348 g/mol. The highest BCUT2D eigenvalue weighted by Gasteiger charge is 2.63. The van der Waals surface area contributed by atoms with E-state index in [1.165, 1.54) is 84.1 Å². The summed E-state index contributed by atoms with van der Waals surface area (Å²) in [6.45, 7) is 6.43. The van der Waals surface area contributed by atoms with E-state index in [4.69, 9.17) is 4.74 Å². The highest BCUT2D eigenvalue weighted by molar-refractivity contribution is 5.13. The number of fused-ring (bicyclic) bond motifs is 1. The molecule has 25 heavy (non-hydrogen) atoms. The lowest BCUT2D eigenvalue weighted by molar-refractivity contribution is -0.00643. The van der Waals surface area contributed by atoms with Gasteiger partial charge in [0.05, 0.1) is 11.7 Å². The molecule has 4 saturated heterocycles. The Balaban J connectivity index is 1.21. The first-order valence-corrected chi connectivity index (χ1v) is 11.0. The normalized spacial score (nSPS) is 43.6. The molecule has 142 valence electrons. The Morgan fingerprint density at radius 1 is 0.960 bits per heavy atom. The molecule has 1 saturated carbocycles. The van der Waals surface area contributed by atoms with Gasteiger partial charge < -0.3 is 14.5 Å². The summed E-state index contributed by atoms with van der Waals surface area (Å²) in [6.07, 6.45) is 11.8. The van der Waals surface area contributed by atoms with Gasteiger partial charge in [-0.3, -0.25) is 4.90 Å². The zero-order valence-corrected chi connectivity index (χ0v) is 16.3. The molecular weight excluding hydrogens is 310 g/mol. The van der Waals surface area contributed by atoms with Crippen LogP contribution in [0.4, 0.5) is 0 Å². The standard InChI is InChI=1S/C21H37N3O/c1-22(2)13-18-19-14-24(15-21(19)10-7-20(18)25-21)17-8-11-23(12-9-17)16-5-3-4-6-16/h16-20H,3-15H2,1-2H3/t18-,19+,20+,21+/m0/s1. The van der Waals surface area contributed by atoms with E-state index < -0.39 is 0 Å². The second-order valence-electron chi connectivity index (χ2n) is 9.93. The van der Waals surface area contributed by atoms with E-state index in [0.29, 0.717) is 6.10 Å². The lowest BCUT2D eigenvalue weighted by atomic mass is 9.73. The van der Waals surface area contributed by atoms with E-state index in [2.05, 4.69) is 28.8 Å². The lowest BCUT2D eigenvalue weighted by Crippen LogP contribution is -2.48. The molecule has 1 aliphatic carbocycles. The first-order chi connectivity index (χ1) is 12.1. The lowest BCUT2D eigenvalue weighted by Gasteiger charge is -2.40. The van der Waals surface area contributed by atoms with Crippen molar-refractivity contribution in [3.63, 3.8) is 0 Å². The number of ether oxygens (including phenoxy) is 1. The quantitative estimate of drug-likeness (QED) is 0.777. The Morgan fingerprint density at radius 2 is 1.68 bits per heavy atom. The van der Waals surface area contributed by atoms with Crippen molar-refractivity contribution in [2.75, 3.05) is 46.8 Å². The topological polar surface area (TPSA) is 19.0 Å². The molecule has 0 aromatic rings. The summed E-state index contributed by atoms with van der Waals surface area (Å²) < 4.78 is 6.64. The van der Waals surface area contributed by atoms with Crippen molar-refractivity contribution in [1.29, 1.82) is 0 Å². The molecule has 0 aromatic carbocycles. The van der Waals surface area contributed by atoms with Crippen LogP contribution in [0.1, 0.15) is 51.4 Å². The van der Waals surface area contributed by atoms with Gasteiger partial charge in [0.2, 0.25) is 0 Å². The second kappa shape index (κ2) is 6.47. The van der Waals surface area contributed by atoms with Crippen LogP contribution in [0.2, 0.25) is 0 Å². The van der Waals surface area contributed by atoms with Crippen LogP contribution in [0.15, 0.2) is 0 Å². The van der Waals surface area contributed by atoms with Gasteiger partial charge in [-0.05, 0) is 65.7 Å². The average Bonchev–Trinajstić information content (AvgIpc) is 3.36. The van der Waals surface area contributed by atoms with Gasteiger partial charge in [0.15, 0.2) is 0 Å². The zero-order valence-electron chi connectivity index (χ0n) is 16.3. The van der Waals surface area contributed by atoms with Gasteiger partial charge in [0.1, 0.15) is 0 Å². The predicted molar refractivity (Wildman–Crippen MR) is 101 cm³/mol. The Morgan fingerprint density at radius 3 is 2.40 bits per heavy atom. The Hall–Kier alpha value is -0.160. The molecule has 0 N–H and O–H groups in total. The Labute approximate surface area is 153 Å². The number of hydrogen-bond acceptors (Lipinski definition) is 4. The molecule has 2 bridgehead atoms. The molecule has 0 radical (unpaired) electrons. The van der Waals surface area contributed by atoms with E-state index in [9.17, 15) is 0 Å². The van der Waals surface area contributed by atoms with Crippen LogP contribution < -0.4 is 0 Å². The van der Waals surface area contributed by atoms with Gasteiger partial charge in [-0.15, -0.1) is 0 Å². The predicted octanol–water partition coefficient (Wildman–Crippen LogP) is 2.43. The fourth-order valence-electron chi connectivity index (χ4n) is 7.06. The number of piperidine rings is 1. The van der Waals surface area contributed by atoms with Crippen LogP contribution in [0.3, 0.4) is 0 Å². The fourth-order valence-corrected chi connectivity index (χ4v) is 7.06. The first kappa shape index (κ1) is 17.0. The SMILES string of the molecule is CN(C)C[C@H]1[C@H]2CN(C3CCN(C4CCCC4)CC3)C[C@]23CC[C@H]1O3. The summed E-state index contributed by atoms with van der Waals surface area (Å²) in [6, 6.07) is 1.74. The number of hydrogen-bond donors (Lipinski definition) is 0. The van der Waals surface area contributed by atoms with Gasteiger partial charge in [-0.2, -0.15) is 0 Å².